The van der Waals surface area contributed by atoms with Crippen LogP contribution in [-0.2, 0) is 18.4 Å². The average Bonchev–Trinajstić information content (AvgIpc) is 1.94. The molecule has 6 heteroatoms. The van der Waals surface area contributed by atoms with Gasteiger partial charge in [0.15, 0.2) is 0 Å². The molecule has 0 spiro atoms. The van der Waals surface area contributed by atoms with E-state index in [1.165, 1.54) is 0 Å². The van der Waals surface area contributed by atoms with E-state index in [0.29, 0.717) is 0 Å². The Morgan fingerprint density at radius 3 is 1.61 bits per heavy atom. The maximum Gasteiger partial charge on any atom is 0.298 e. The molecule has 0 unspecified atom stereocenters. The lowest BCUT2D eigenvalue weighted by atomic mass is 9.90. The summed E-state index contributed by atoms with van der Waals surface area (Å²) in [6.45, 7) is 15.1. The monoisotopic (exact) mass is 290 g/mol. The fourth-order valence-electron chi connectivity index (χ4n) is 1.23. The van der Waals surface area contributed by atoms with E-state index in [9.17, 15) is 9.59 Å². The van der Waals surface area contributed by atoms with E-state index in [2.05, 4.69) is 0 Å². The van der Waals surface area contributed by atoms with Crippen molar-refractivity contribution < 1.29 is 18.4 Å². The lowest BCUT2D eigenvalue weighted by molar-refractivity contribution is -0.151. The maximum absolute atomic E-state index is 12.0. The van der Waals surface area contributed by atoms with E-state index < -0.39 is 22.0 Å². The number of carbonyl (C=O) groups excluding carboxylic acids is 2. The van der Waals surface area contributed by atoms with E-state index in [0.717, 1.165) is 0 Å². The summed E-state index contributed by atoms with van der Waals surface area (Å²) in [7, 11) is -3.82. The van der Waals surface area contributed by atoms with Gasteiger partial charge in [-0.05, 0) is 53.1 Å². The highest BCUT2D eigenvalue weighted by Crippen LogP contribution is 2.25. The van der Waals surface area contributed by atoms with Gasteiger partial charge in [0, 0.05) is 0 Å². The van der Waals surface area contributed by atoms with Crippen LogP contribution in [0.2, 0.25) is 39.3 Å². The lowest BCUT2D eigenvalue weighted by Crippen LogP contribution is -2.39. The predicted molar refractivity (Wildman–Crippen MR) is 77.3 cm³/mol. The van der Waals surface area contributed by atoms with Crippen molar-refractivity contribution in [2.75, 3.05) is 0 Å². The first-order valence-electron chi connectivity index (χ1n) is 6.18. The van der Waals surface area contributed by atoms with E-state index >= 15 is 0 Å². The molecule has 106 valence electrons. The van der Waals surface area contributed by atoms with E-state index in [1.54, 1.807) is 13.8 Å². The Kier molecular flexibility index (Phi) is 5.37. The van der Waals surface area contributed by atoms with Crippen LogP contribution < -0.4 is 0 Å². The summed E-state index contributed by atoms with van der Waals surface area (Å²) in [5, 5.41) is 0. The standard InChI is InChI=1S/C12H26O4Si2/c1-12(2,11(14)16-18(6,7)8)9-10(13)15-17(3,4)5/h9H2,1-8H3. The number of rotatable bonds is 5. The van der Waals surface area contributed by atoms with Crippen LogP contribution >= 0.6 is 0 Å². The second kappa shape index (κ2) is 5.56. The molecule has 0 aliphatic heterocycles. The summed E-state index contributed by atoms with van der Waals surface area (Å²) >= 11 is 0. The Morgan fingerprint density at radius 1 is 0.889 bits per heavy atom. The molecule has 0 atom stereocenters. The molecule has 4 nitrogen and oxygen atoms in total. The van der Waals surface area contributed by atoms with Gasteiger partial charge in [0.2, 0.25) is 16.6 Å². The first kappa shape index (κ1) is 17.4. The molecule has 0 aromatic carbocycles. The van der Waals surface area contributed by atoms with Crippen LogP contribution in [0.4, 0.5) is 0 Å². The average molecular weight is 291 g/mol. The highest BCUT2D eigenvalue weighted by atomic mass is 28.4. The molecular weight excluding hydrogens is 264 g/mol. The van der Waals surface area contributed by atoms with Crippen molar-refractivity contribution in [1.82, 2.24) is 0 Å². The largest absolute Gasteiger partial charge is 0.520 e. The van der Waals surface area contributed by atoms with Crippen molar-refractivity contribution in [3.05, 3.63) is 0 Å². The first-order chi connectivity index (χ1) is 7.73. The second-order valence-corrected chi connectivity index (χ2v) is 16.0. The third-order valence-corrected chi connectivity index (χ3v) is 3.60. The fourth-order valence-corrected chi connectivity index (χ4v) is 2.81. The SMILES string of the molecule is CC(C)(CC(=O)O[Si](C)(C)C)C(=O)O[Si](C)(C)C. The first-order valence-corrected chi connectivity index (χ1v) is 13.0. The van der Waals surface area contributed by atoms with E-state index in [1.807, 2.05) is 39.3 Å². The Balaban J connectivity index is 4.56. The van der Waals surface area contributed by atoms with Gasteiger partial charge in [0.1, 0.15) is 0 Å². The minimum Gasteiger partial charge on any atom is -0.520 e. The molecule has 0 aromatic heterocycles. The highest BCUT2D eigenvalue weighted by Gasteiger charge is 2.36. The van der Waals surface area contributed by atoms with Crippen LogP contribution in [0, 0.1) is 5.41 Å². The molecule has 0 aliphatic rings. The zero-order valence-corrected chi connectivity index (χ0v) is 14.8. The van der Waals surface area contributed by atoms with Crippen molar-refractivity contribution in [3.8, 4) is 0 Å². The summed E-state index contributed by atoms with van der Waals surface area (Å²) in [6, 6.07) is 0. The van der Waals surface area contributed by atoms with Crippen molar-refractivity contribution in [3.63, 3.8) is 0 Å². The van der Waals surface area contributed by atoms with E-state index in [-0.39, 0.29) is 18.4 Å². The molecule has 0 aromatic rings. The molecular formula is C12H26O4Si2. The Morgan fingerprint density at radius 2 is 1.28 bits per heavy atom. The quantitative estimate of drug-likeness (QED) is 0.730. The van der Waals surface area contributed by atoms with Gasteiger partial charge in [0.05, 0.1) is 11.8 Å². The Bertz CT molecular complexity index is 324. The number of hydrogen-bond donors (Lipinski definition) is 0. The van der Waals surface area contributed by atoms with Gasteiger partial charge < -0.3 is 8.85 Å². The van der Waals surface area contributed by atoms with Gasteiger partial charge in [-0.1, -0.05) is 0 Å². The lowest BCUT2D eigenvalue weighted by Gasteiger charge is -2.28. The zero-order valence-electron chi connectivity index (χ0n) is 12.8. The molecule has 0 amide bonds. The fraction of sp³-hybridized carbons (Fsp3) is 0.833. The molecule has 0 rings (SSSR count). The topological polar surface area (TPSA) is 52.6 Å². The third-order valence-electron chi connectivity index (χ3n) is 1.96. The molecule has 0 heterocycles. The minimum atomic E-state index is -1.92. The summed E-state index contributed by atoms with van der Waals surface area (Å²) in [4.78, 5) is 23.8. The van der Waals surface area contributed by atoms with Crippen molar-refractivity contribution in [1.29, 1.82) is 0 Å². The van der Waals surface area contributed by atoms with Gasteiger partial charge in [-0.15, -0.1) is 0 Å². The molecule has 0 saturated heterocycles. The number of carbonyl (C=O) groups is 2. The molecule has 0 bridgehead atoms. The smallest absolute Gasteiger partial charge is 0.298 e. The van der Waals surface area contributed by atoms with Crippen LogP contribution in [0.25, 0.3) is 0 Å². The molecule has 0 fully saturated rings. The normalized spacial score (nSPS) is 13.1. The molecule has 0 aliphatic carbocycles. The van der Waals surface area contributed by atoms with Crippen molar-refractivity contribution in [2.24, 2.45) is 5.41 Å². The van der Waals surface area contributed by atoms with Crippen LogP contribution in [-0.4, -0.2) is 28.6 Å². The third kappa shape index (κ3) is 7.65. The van der Waals surface area contributed by atoms with Crippen LogP contribution in [0.15, 0.2) is 0 Å². The van der Waals surface area contributed by atoms with E-state index in [4.69, 9.17) is 8.85 Å². The molecule has 18 heavy (non-hydrogen) atoms. The van der Waals surface area contributed by atoms with Gasteiger partial charge in [-0.3, -0.25) is 9.59 Å². The predicted octanol–water partition coefficient (Wildman–Crippen LogP) is 3.16. The van der Waals surface area contributed by atoms with Crippen molar-refractivity contribution >= 4 is 28.6 Å². The van der Waals surface area contributed by atoms with Gasteiger partial charge >= 0.3 is 0 Å². The van der Waals surface area contributed by atoms with Gasteiger partial charge in [-0.2, -0.15) is 0 Å². The summed E-state index contributed by atoms with van der Waals surface area (Å²) in [5.41, 5.74) is -0.822. The number of hydrogen-bond acceptors (Lipinski definition) is 4. The Labute approximate surface area is 112 Å². The van der Waals surface area contributed by atoms with Crippen LogP contribution in [0.1, 0.15) is 20.3 Å². The molecule has 0 N–H and O–H groups in total. The maximum atomic E-state index is 12.0. The summed E-state index contributed by atoms with van der Waals surface area (Å²) in [5.74, 6) is -0.624. The molecule has 0 saturated carbocycles. The highest BCUT2D eigenvalue weighted by molar-refractivity contribution is 6.71. The minimum absolute atomic E-state index is 0.0700. The summed E-state index contributed by atoms with van der Waals surface area (Å²) in [6.07, 6.45) is 0.0700. The Hall–Kier alpha value is -0.626. The van der Waals surface area contributed by atoms with Crippen LogP contribution in [0.3, 0.4) is 0 Å². The summed E-state index contributed by atoms with van der Waals surface area (Å²) < 4.78 is 10.8. The molecule has 0 radical (unpaired) electrons. The zero-order chi connectivity index (χ0) is 14.8. The van der Waals surface area contributed by atoms with Crippen molar-refractivity contribution in [2.45, 2.75) is 59.6 Å². The second-order valence-electron chi connectivity index (χ2n) is 7.15. The van der Waals surface area contributed by atoms with Gasteiger partial charge in [0.25, 0.3) is 11.9 Å². The van der Waals surface area contributed by atoms with Gasteiger partial charge in [-0.25, -0.2) is 0 Å². The van der Waals surface area contributed by atoms with Crippen LogP contribution in [0.5, 0.6) is 0 Å².